The molecule has 0 aliphatic carbocycles. The monoisotopic (exact) mass is 256 g/mol. The molecule has 0 aromatic heterocycles. The second kappa shape index (κ2) is 4.30. The SMILES string of the molecule is COC(=O)c1cc2cc(F)c(F)cc2cc1Cl. The summed E-state index contributed by atoms with van der Waals surface area (Å²) >= 11 is 5.85. The maximum Gasteiger partial charge on any atom is 0.339 e. The predicted octanol–water partition coefficient (Wildman–Crippen LogP) is 3.56. The van der Waals surface area contributed by atoms with Crippen LogP contribution in [0.15, 0.2) is 24.3 Å². The topological polar surface area (TPSA) is 26.3 Å². The zero-order valence-electron chi connectivity index (χ0n) is 8.76. The molecule has 0 unspecified atom stereocenters. The predicted molar refractivity (Wildman–Crippen MR) is 60.2 cm³/mol. The van der Waals surface area contributed by atoms with E-state index >= 15 is 0 Å². The van der Waals surface area contributed by atoms with Crippen molar-refractivity contribution in [3.8, 4) is 0 Å². The summed E-state index contributed by atoms with van der Waals surface area (Å²) in [6, 6.07) is 4.79. The molecule has 0 fully saturated rings. The summed E-state index contributed by atoms with van der Waals surface area (Å²) < 4.78 is 30.6. The third kappa shape index (κ3) is 2.08. The molecule has 0 saturated carbocycles. The van der Waals surface area contributed by atoms with Gasteiger partial charge in [0, 0.05) is 0 Å². The van der Waals surface area contributed by atoms with Crippen molar-refractivity contribution in [3.63, 3.8) is 0 Å². The van der Waals surface area contributed by atoms with Gasteiger partial charge in [0.05, 0.1) is 17.7 Å². The molecule has 0 heterocycles. The number of halogens is 3. The summed E-state index contributed by atoms with van der Waals surface area (Å²) in [5.74, 6) is -2.56. The summed E-state index contributed by atoms with van der Waals surface area (Å²) in [6.07, 6.45) is 0. The van der Waals surface area contributed by atoms with Gasteiger partial charge >= 0.3 is 5.97 Å². The molecular weight excluding hydrogens is 250 g/mol. The average molecular weight is 257 g/mol. The summed E-state index contributed by atoms with van der Waals surface area (Å²) in [6.45, 7) is 0. The highest BCUT2D eigenvalue weighted by Gasteiger charge is 2.13. The molecule has 88 valence electrons. The number of methoxy groups -OCH3 is 1. The Kier molecular flexibility index (Phi) is 2.98. The van der Waals surface area contributed by atoms with E-state index in [1.807, 2.05) is 0 Å². The van der Waals surface area contributed by atoms with Gasteiger partial charge in [-0.15, -0.1) is 0 Å². The lowest BCUT2D eigenvalue weighted by Gasteiger charge is -2.05. The summed E-state index contributed by atoms with van der Waals surface area (Å²) in [5.41, 5.74) is 0.118. The van der Waals surface area contributed by atoms with Crippen LogP contribution in [0.25, 0.3) is 10.8 Å². The van der Waals surface area contributed by atoms with Gasteiger partial charge < -0.3 is 4.74 Å². The van der Waals surface area contributed by atoms with E-state index in [1.165, 1.54) is 19.2 Å². The number of benzene rings is 2. The summed E-state index contributed by atoms with van der Waals surface area (Å²) in [4.78, 5) is 11.4. The fraction of sp³-hybridized carbons (Fsp3) is 0.0833. The minimum atomic E-state index is -0.976. The van der Waals surface area contributed by atoms with Crippen LogP contribution >= 0.6 is 11.6 Å². The molecule has 0 spiro atoms. The second-order valence-electron chi connectivity index (χ2n) is 3.44. The lowest BCUT2D eigenvalue weighted by Crippen LogP contribution is -2.02. The molecule has 2 aromatic rings. The van der Waals surface area contributed by atoms with Gasteiger partial charge in [0.2, 0.25) is 0 Å². The first-order chi connectivity index (χ1) is 8.02. The smallest absolute Gasteiger partial charge is 0.339 e. The Balaban J connectivity index is 2.71. The molecule has 17 heavy (non-hydrogen) atoms. The molecule has 0 N–H and O–H groups in total. The van der Waals surface area contributed by atoms with Crippen LogP contribution in [0, 0.1) is 11.6 Å². The van der Waals surface area contributed by atoms with Crippen LogP contribution in [0.2, 0.25) is 5.02 Å². The number of carbonyl (C=O) groups excluding carboxylic acids is 1. The standard InChI is InChI=1S/C12H7ClF2O2/c1-17-12(16)8-2-6-4-10(14)11(15)5-7(6)3-9(8)13/h2-5H,1H3. The van der Waals surface area contributed by atoms with Crippen molar-refractivity contribution in [2.75, 3.05) is 7.11 Å². The molecule has 0 bridgehead atoms. The van der Waals surface area contributed by atoms with Gasteiger partial charge in [0.15, 0.2) is 11.6 Å². The first kappa shape index (κ1) is 11.8. The fourth-order valence-electron chi connectivity index (χ4n) is 1.53. The molecule has 2 rings (SSSR count). The van der Waals surface area contributed by atoms with E-state index in [2.05, 4.69) is 4.74 Å². The number of hydrogen-bond acceptors (Lipinski definition) is 2. The van der Waals surface area contributed by atoms with Gasteiger partial charge in [-0.1, -0.05) is 11.6 Å². The van der Waals surface area contributed by atoms with Crippen LogP contribution in [-0.4, -0.2) is 13.1 Å². The minimum absolute atomic E-state index is 0.118. The van der Waals surface area contributed by atoms with Crippen molar-refractivity contribution in [2.24, 2.45) is 0 Å². The van der Waals surface area contributed by atoms with Crippen LogP contribution in [0.4, 0.5) is 8.78 Å². The third-order valence-corrected chi connectivity index (χ3v) is 2.68. The maximum absolute atomic E-state index is 13.0. The number of hydrogen-bond donors (Lipinski definition) is 0. The van der Waals surface area contributed by atoms with Gasteiger partial charge in [0.25, 0.3) is 0 Å². The van der Waals surface area contributed by atoms with E-state index in [-0.39, 0.29) is 10.6 Å². The molecule has 0 radical (unpaired) electrons. The Labute approximate surface area is 101 Å². The van der Waals surface area contributed by atoms with Crippen LogP contribution in [-0.2, 0) is 4.74 Å². The Hall–Kier alpha value is -1.68. The fourth-order valence-corrected chi connectivity index (χ4v) is 1.78. The zero-order valence-corrected chi connectivity index (χ0v) is 9.52. The van der Waals surface area contributed by atoms with Gasteiger partial charge in [-0.2, -0.15) is 0 Å². The molecule has 0 aliphatic heterocycles. The van der Waals surface area contributed by atoms with Crippen LogP contribution in [0.5, 0.6) is 0 Å². The zero-order chi connectivity index (χ0) is 12.6. The van der Waals surface area contributed by atoms with Gasteiger partial charge in [0.1, 0.15) is 0 Å². The van der Waals surface area contributed by atoms with E-state index < -0.39 is 17.6 Å². The molecule has 0 amide bonds. The van der Waals surface area contributed by atoms with E-state index in [4.69, 9.17) is 11.6 Å². The number of esters is 1. The highest BCUT2D eigenvalue weighted by atomic mass is 35.5. The highest BCUT2D eigenvalue weighted by molar-refractivity contribution is 6.34. The van der Waals surface area contributed by atoms with E-state index in [0.717, 1.165) is 12.1 Å². The molecule has 2 nitrogen and oxygen atoms in total. The Bertz CT molecular complexity index is 611. The van der Waals surface area contributed by atoms with Crippen molar-refractivity contribution in [3.05, 3.63) is 46.5 Å². The molecule has 0 atom stereocenters. The van der Waals surface area contributed by atoms with Crippen molar-refractivity contribution in [2.45, 2.75) is 0 Å². The maximum atomic E-state index is 13.0. The molecular formula is C12H7ClF2O2. The highest BCUT2D eigenvalue weighted by Crippen LogP contribution is 2.26. The normalized spacial score (nSPS) is 10.6. The van der Waals surface area contributed by atoms with E-state index in [0.29, 0.717) is 10.8 Å². The lowest BCUT2D eigenvalue weighted by atomic mass is 10.1. The third-order valence-electron chi connectivity index (χ3n) is 2.37. The molecule has 0 saturated heterocycles. The summed E-state index contributed by atoms with van der Waals surface area (Å²) in [5, 5.41) is 0.936. The number of ether oxygens (including phenoxy) is 1. The first-order valence-electron chi connectivity index (χ1n) is 4.69. The lowest BCUT2D eigenvalue weighted by molar-refractivity contribution is 0.0601. The van der Waals surface area contributed by atoms with Crippen molar-refractivity contribution in [1.82, 2.24) is 0 Å². The largest absolute Gasteiger partial charge is 0.465 e. The average Bonchev–Trinajstić information content (AvgIpc) is 2.30. The van der Waals surface area contributed by atoms with Crippen molar-refractivity contribution in [1.29, 1.82) is 0 Å². The second-order valence-corrected chi connectivity index (χ2v) is 3.84. The van der Waals surface area contributed by atoms with Crippen LogP contribution in [0.3, 0.4) is 0 Å². The number of fused-ring (bicyclic) bond motifs is 1. The Morgan fingerprint density at radius 1 is 1.12 bits per heavy atom. The van der Waals surface area contributed by atoms with Crippen molar-refractivity contribution >= 4 is 28.3 Å². The Morgan fingerprint density at radius 2 is 1.65 bits per heavy atom. The van der Waals surface area contributed by atoms with Crippen LogP contribution in [0.1, 0.15) is 10.4 Å². The van der Waals surface area contributed by atoms with Gasteiger partial charge in [-0.3, -0.25) is 0 Å². The van der Waals surface area contributed by atoms with E-state index in [1.54, 1.807) is 0 Å². The number of carbonyl (C=O) groups is 1. The van der Waals surface area contributed by atoms with Gasteiger partial charge in [-0.25, -0.2) is 13.6 Å². The van der Waals surface area contributed by atoms with E-state index in [9.17, 15) is 13.6 Å². The Morgan fingerprint density at radius 3 is 2.18 bits per heavy atom. The van der Waals surface area contributed by atoms with Gasteiger partial charge in [-0.05, 0) is 35.0 Å². The summed E-state index contributed by atoms with van der Waals surface area (Å²) in [7, 11) is 1.22. The quantitative estimate of drug-likeness (QED) is 0.729. The number of rotatable bonds is 1. The van der Waals surface area contributed by atoms with Crippen molar-refractivity contribution < 1.29 is 18.3 Å². The molecule has 2 aromatic carbocycles. The minimum Gasteiger partial charge on any atom is -0.465 e. The molecule has 5 heteroatoms. The first-order valence-corrected chi connectivity index (χ1v) is 5.07. The van der Waals surface area contributed by atoms with Crippen LogP contribution < -0.4 is 0 Å². The molecule has 0 aliphatic rings.